The maximum atomic E-state index is 12.8. The first kappa shape index (κ1) is 15.0. The Bertz CT molecular complexity index is 705. The predicted octanol–water partition coefficient (Wildman–Crippen LogP) is 3.27. The number of hydrogen-bond donors (Lipinski definition) is 0. The van der Waals surface area contributed by atoms with Crippen LogP contribution in [0.3, 0.4) is 0 Å². The Kier molecular flexibility index (Phi) is 4.40. The predicted molar refractivity (Wildman–Crippen MR) is 89.6 cm³/mol. The van der Waals surface area contributed by atoms with Crippen LogP contribution in [0.25, 0.3) is 0 Å². The highest BCUT2D eigenvalue weighted by atomic mass is 35.5. The van der Waals surface area contributed by atoms with Crippen LogP contribution in [-0.4, -0.2) is 32.8 Å². The average Bonchev–Trinajstić information content (AvgIpc) is 2.96. The van der Waals surface area contributed by atoms with Crippen LogP contribution in [0, 0.1) is 0 Å². The van der Waals surface area contributed by atoms with Crippen molar-refractivity contribution in [1.29, 1.82) is 0 Å². The number of thioether (sulfide) groups is 1. The van der Waals surface area contributed by atoms with E-state index in [4.69, 9.17) is 11.6 Å². The normalized spacial score (nSPS) is 17.2. The number of nitrogens with zero attached hydrogens (tertiary/aromatic N) is 4. The van der Waals surface area contributed by atoms with Gasteiger partial charge in [-0.25, -0.2) is 4.98 Å². The van der Waals surface area contributed by atoms with Gasteiger partial charge in [-0.05, 0) is 31.2 Å². The summed E-state index contributed by atoms with van der Waals surface area (Å²) in [4.78, 5) is 27.0. The van der Waals surface area contributed by atoms with Gasteiger partial charge in [-0.2, -0.15) is 0 Å². The lowest BCUT2D eigenvalue weighted by Gasteiger charge is -2.21. The van der Waals surface area contributed by atoms with E-state index in [1.165, 1.54) is 18.6 Å². The molecule has 0 bridgehead atoms. The average molecular weight is 333 g/mol. The van der Waals surface area contributed by atoms with E-state index in [2.05, 4.69) is 15.0 Å². The van der Waals surface area contributed by atoms with E-state index in [0.29, 0.717) is 15.9 Å². The summed E-state index contributed by atoms with van der Waals surface area (Å²) in [5.41, 5.74) is 0.987. The Hall–Kier alpha value is -1.92. The third-order valence-electron chi connectivity index (χ3n) is 3.05. The number of aromatic nitrogens is 2. The van der Waals surface area contributed by atoms with E-state index in [-0.39, 0.29) is 17.6 Å². The number of amidine groups is 1. The van der Waals surface area contributed by atoms with Crippen LogP contribution < -0.4 is 4.90 Å². The first-order valence-corrected chi connectivity index (χ1v) is 8.08. The first-order chi connectivity index (χ1) is 10.6. The zero-order chi connectivity index (χ0) is 15.5. The number of halogens is 1. The van der Waals surface area contributed by atoms with Gasteiger partial charge in [-0.15, -0.1) is 0 Å². The molecule has 0 fully saturated rings. The fourth-order valence-corrected chi connectivity index (χ4v) is 3.17. The lowest BCUT2D eigenvalue weighted by molar-refractivity contribution is 0.0998. The molecule has 1 unspecified atom stereocenters. The number of rotatable bonds is 2. The van der Waals surface area contributed by atoms with Crippen molar-refractivity contribution in [2.75, 3.05) is 10.7 Å². The number of benzene rings is 1. The fraction of sp³-hybridized carbons (Fsp3) is 0.200. The van der Waals surface area contributed by atoms with E-state index < -0.39 is 0 Å². The van der Waals surface area contributed by atoms with Gasteiger partial charge in [-0.1, -0.05) is 23.4 Å². The monoisotopic (exact) mass is 332 g/mol. The molecule has 1 atom stereocenters. The van der Waals surface area contributed by atoms with Gasteiger partial charge in [-0.3, -0.25) is 19.7 Å². The molecular weight excluding hydrogens is 320 g/mol. The molecule has 1 aromatic heterocycles. The van der Waals surface area contributed by atoms with Crippen molar-refractivity contribution in [3.8, 4) is 0 Å². The molecule has 0 N–H and O–H groups in total. The minimum atomic E-state index is -0.254. The second-order valence-electron chi connectivity index (χ2n) is 4.78. The number of aliphatic imine (C=N–C) groups is 1. The second-order valence-corrected chi connectivity index (χ2v) is 6.20. The molecule has 22 heavy (non-hydrogen) atoms. The van der Waals surface area contributed by atoms with Gasteiger partial charge in [0.1, 0.15) is 5.69 Å². The van der Waals surface area contributed by atoms with Gasteiger partial charge in [0.2, 0.25) is 0 Å². The molecule has 0 aliphatic carbocycles. The van der Waals surface area contributed by atoms with Gasteiger partial charge in [0.15, 0.2) is 5.17 Å². The Labute approximate surface area is 137 Å². The Balaban J connectivity index is 2.01. The smallest absolute Gasteiger partial charge is 0.266 e. The topological polar surface area (TPSA) is 58.5 Å². The summed E-state index contributed by atoms with van der Waals surface area (Å²) >= 11 is 7.49. The number of carbonyl (C=O) groups excluding carboxylic acids is 1. The van der Waals surface area contributed by atoms with Crippen LogP contribution in [0.2, 0.25) is 5.02 Å². The maximum Gasteiger partial charge on any atom is 0.284 e. The summed E-state index contributed by atoms with van der Waals surface area (Å²) in [7, 11) is 0. The molecular formula is C15H13ClN4OS. The summed E-state index contributed by atoms with van der Waals surface area (Å²) < 4.78 is 0. The summed E-state index contributed by atoms with van der Waals surface area (Å²) in [5, 5.41) is 1.29. The molecule has 1 aliphatic heterocycles. The molecule has 0 saturated carbocycles. The molecule has 2 heterocycles. The molecule has 0 spiro atoms. The molecule has 5 nitrogen and oxygen atoms in total. The van der Waals surface area contributed by atoms with Crippen molar-refractivity contribution < 1.29 is 4.79 Å². The van der Waals surface area contributed by atoms with Crippen molar-refractivity contribution in [3.05, 3.63) is 53.6 Å². The van der Waals surface area contributed by atoms with Crippen LogP contribution >= 0.6 is 23.4 Å². The quantitative estimate of drug-likeness (QED) is 0.847. The molecule has 0 saturated heterocycles. The fourth-order valence-electron chi connectivity index (χ4n) is 2.01. The molecule has 7 heteroatoms. The Morgan fingerprint density at radius 2 is 2.09 bits per heavy atom. The van der Waals surface area contributed by atoms with E-state index in [0.717, 1.165) is 5.75 Å². The first-order valence-electron chi connectivity index (χ1n) is 6.72. The highest BCUT2D eigenvalue weighted by molar-refractivity contribution is 8.14. The van der Waals surface area contributed by atoms with Crippen LogP contribution in [0.15, 0.2) is 47.8 Å². The minimum absolute atomic E-state index is 0.185. The summed E-state index contributed by atoms with van der Waals surface area (Å²) in [6, 6.07) is 7.27. The standard InChI is InChI=1S/C15H13ClN4OS/c1-10-9-22-15(19-10)20(12-4-2-11(16)3-5-12)14(21)13-8-17-6-7-18-13/h2-8,10H,9H2,1H3. The molecule has 1 amide bonds. The SMILES string of the molecule is CC1CSC(N(C(=O)c2cnccn2)c2ccc(Cl)cc2)=N1. The largest absolute Gasteiger partial charge is 0.284 e. The van der Waals surface area contributed by atoms with Crippen molar-refractivity contribution in [2.45, 2.75) is 13.0 Å². The van der Waals surface area contributed by atoms with Gasteiger partial charge < -0.3 is 0 Å². The Morgan fingerprint density at radius 1 is 1.32 bits per heavy atom. The van der Waals surface area contributed by atoms with Gasteiger partial charge >= 0.3 is 0 Å². The lowest BCUT2D eigenvalue weighted by Crippen LogP contribution is -2.35. The maximum absolute atomic E-state index is 12.8. The molecule has 2 aromatic rings. The highest BCUT2D eigenvalue weighted by Gasteiger charge is 2.28. The Morgan fingerprint density at radius 3 is 2.68 bits per heavy atom. The van der Waals surface area contributed by atoms with Crippen LogP contribution in [0.5, 0.6) is 0 Å². The van der Waals surface area contributed by atoms with Gasteiger partial charge in [0.05, 0.1) is 17.9 Å². The highest BCUT2D eigenvalue weighted by Crippen LogP contribution is 2.27. The molecule has 112 valence electrons. The van der Waals surface area contributed by atoms with Gasteiger partial charge in [0.25, 0.3) is 5.91 Å². The zero-order valence-corrected chi connectivity index (χ0v) is 13.4. The van der Waals surface area contributed by atoms with E-state index >= 15 is 0 Å². The van der Waals surface area contributed by atoms with E-state index in [1.807, 2.05) is 6.92 Å². The summed E-state index contributed by atoms with van der Waals surface area (Å²) in [6.45, 7) is 2.02. The molecule has 0 radical (unpaired) electrons. The van der Waals surface area contributed by atoms with Gasteiger partial charge in [0, 0.05) is 23.2 Å². The van der Waals surface area contributed by atoms with E-state index in [9.17, 15) is 4.79 Å². The zero-order valence-electron chi connectivity index (χ0n) is 11.8. The number of carbonyl (C=O) groups is 1. The summed E-state index contributed by atoms with van der Waals surface area (Å²) in [6.07, 6.45) is 4.49. The minimum Gasteiger partial charge on any atom is -0.266 e. The lowest BCUT2D eigenvalue weighted by atomic mass is 10.2. The summed E-state index contributed by atoms with van der Waals surface area (Å²) in [5.74, 6) is 0.600. The van der Waals surface area contributed by atoms with Crippen molar-refractivity contribution in [2.24, 2.45) is 4.99 Å². The molecule has 1 aromatic carbocycles. The van der Waals surface area contributed by atoms with Crippen LogP contribution in [0.4, 0.5) is 5.69 Å². The third kappa shape index (κ3) is 3.13. The van der Waals surface area contributed by atoms with E-state index in [1.54, 1.807) is 40.9 Å². The van der Waals surface area contributed by atoms with Crippen molar-refractivity contribution in [3.63, 3.8) is 0 Å². The molecule has 3 rings (SSSR count). The third-order valence-corrected chi connectivity index (χ3v) is 4.49. The number of anilines is 1. The second kappa shape index (κ2) is 6.46. The van der Waals surface area contributed by atoms with Crippen LogP contribution in [-0.2, 0) is 0 Å². The van der Waals surface area contributed by atoms with Crippen molar-refractivity contribution in [1.82, 2.24) is 9.97 Å². The number of hydrogen-bond acceptors (Lipinski definition) is 5. The van der Waals surface area contributed by atoms with Crippen molar-refractivity contribution >= 4 is 40.1 Å². The van der Waals surface area contributed by atoms with Crippen LogP contribution in [0.1, 0.15) is 17.4 Å². The molecule has 1 aliphatic rings. The number of amides is 1.